The second kappa shape index (κ2) is 27.0. The first kappa shape index (κ1) is 48.3. The minimum absolute atomic E-state index is 0.197. The highest BCUT2D eigenvalue weighted by Crippen LogP contribution is 2.19. The number of likely N-dealkylation sites (tertiary alicyclic amines) is 1. The minimum atomic E-state index is -0.987. The first-order valence-corrected chi connectivity index (χ1v) is 20.6. The summed E-state index contributed by atoms with van der Waals surface area (Å²) in [6, 6.07) is -2.98. The van der Waals surface area contributed by atoms with Crippen molar-refractivity contribution < 1.29 is 33.6 Å². The van der Waals surface area contributed by atoms with E-state index in [-0.39, 0.29) is 30.8 Å². The molecule has 3 unspecified atom stereocenters. The van der Waals surface area contributed by atoms with Crippen molar-refractivity contribution in [3.63, 3.8) is 0 Å². The fourth-order valence-corrected chi connectivity index (χ4v) is 6.66. The van der Waals surface area contributed by atoms with Crippen LogP contribution in [0.2, 0.25) is 0 Å². The van der Waals surface area contributed by atoms with E-state index >= 15 is 0 Å². The first-order chi connectivity index (χ1) is 25.6. The van der Waals surface area contributed by atoms with Crippen molar-refractivity contribution >= 4 is 41.4 Å². The SMILES string of the molecule is CCCCCCCCCCCCCCCC(=O)NC(C(=O)NCC(=O)NC(C(=O)N(CC(=O)N1CCCC1C(=O)NCC(N)=O)C(C)C)C(C)C)C(C)C. The van der Waals surface area contributed by atoms with E-state index in [1.54, 1.807) is 27.7 Å². The molecule has 3 atom stereocenters. The highest BCUT2D eigenvalue weighted by Gasteiger charge is 2.37. The Kier molecular flexibility index (Phi) is 24.1. The number of carbonyl (C=O) groups is 7. The molecule has 0 radical (unpaired) electrons. The van der Waals surface area contributed by atoms with Crippen molar-refractivity contribution in [2.45, 2.75) is 175 Å². The highest BCUT2D eigenvalue weighted by atomic mass is 16.2. The Bertz CT molecular complexity index is 1190. The minimum Gasteiger partial charge on any atom is -0.368 e. The summed E-state index contributed by atoms with van der Waals surface area (Å²) in [4.78, 5) is 92.5. The van der Waals surface area contributed by atoms with E-state index in [0.29, 0.717) is 25.8 Å². The normalized spacial score (nSPS) is 15.2. The number of hydrogen-bond acceptors (Lipinski definition) is 7. The summed E-state index contributed by atoms with van der Waals surface area (Å²) in [6.07, 6.45) is 17.1. The van der Waals surface area contributed by atoms with Gasteiger partial charge in [-0.1, -0.05) is 112 Å². The molecule has 1 aliphatic rings. The topological polar surface area (TPSA) is 200 Å². The van der Waals surface area contributed by atoms with Gasteiger partial charge >= 0.3 is 0 Å². The summed E-state index contributed by atoms with van der Waals surface area (Å²) in [7, 11) is 0. The first-order valence-electron chi connectivity index (χ1n) is 20.6. The molecule has 14 nitrogen and oxygen atoms in total. The lowest BCUT2D eigenvalue weighted by Gasteiger charge is -2.34. The van der Waals surface area contributed by atoms with Crippen LogP contribution in [0.3, 0.4) is 0 Å². The zero-order chi connectivity index (χ0) is 40.6. The molecule has 0 aliphatic carbocycles. The highest BCUT2D eigenvalue weighted by molar-refractivity contribution is 5.95. The van der Waals surface area contributed by atoms with Crippen molar-refractivity contribution in [3.05, 3.63) is 0 Å². The molecule has 54 heavy (non-hydrogen) atoms. The Morgan fingerprint density at radius 1 is 0.685 bits per heavy atom. The molecule has 0 aromatic carbocycles. The molecule has 0 aromatic rings. The number of rotatable bonds is 28. The number of unbranched alkanes of at least 4 members (excludes halogenated alkanes) is 12. The third kappa shape index (κ3) is 19.1. The van der Waals surface area contributed by atoms with Crippen LogP contribution < -0.4 is 27.0 Å². The van der Waals surface area contributed by atoms with Gasteiger partial charge in [0.1, 0.15) is 24.7 Å². The maximum Gasteiger partial charge on any atom is 0.246 e. The average molecular weight is 764 g/mol. The van der Waals surface area contributed by atoms with Gasteiger partial charge in [0.2, 0.25) is 41.4 Å². The quantitative estimate of drug-likeness (QED) is 0.0749. The molecule has 1 fully saturated rings. The zero-order valence-corrected chi connectivity index (χ0v) is 34.4. The molecule has 1 heterocycles. The Balaban J connectivity index is 2.59. The number of nitrogens with two attached hydrogens (primary N) is 1. The lowest BCUT2D eigenvalue weighted by Crippen LogP contribution is -2.58. The van der Waals surface area contributed by atoms with Crippen LogP contribution in [0, 0.1) is 11.8 Å². The Labute approximate surface area is 324 Å². The van der Waals surface area contributed by atoms with Crippen LogP contribution >= 0.6 is 0 Å². The predicted molar refractivity (Wildman–Crippen MR) is 211 cm³/mol. The summed E-state index contributed by atoms with van der Waals surface area (Å²) in [5.74, 6) is -3.90. The van der Waals surface area contributed by atoms with Gasteiger partial charge in [-0.3, -0.25) is 33.6 Å². The van der Waals surface area contributed by atoms with Crippen molar-refractivity contribution in [1.82, 2.24) is 31.1 Å². The van der Waals surface area contributed by atoms with Crippen molar-refractivity contribution in [3.8, 4) is 0 Å². The molecule has 14 heteroatoms. The van der Waals surface area contributed by atoms with E-state index in [4.69, 9.17) is 5.73 Å². The molecule has 1 saturated heterocycles. The van der Waals surface area contributed by atoms with E-state index in [1.807, 2.05) is 13.8 Å². The van der Waals surface area contributed by atoms with Gasteiger partial charge < -0.3 is 36.8 Å². The van der Waals surface area contributed by atoms with Crippen LogP contribution in [0.5, 0.6) is 0 Å². The molecule has 1 aliphatic heterocycles. The van der Waals surface area contributed by atoms with Gasteiger partial charge in [0, 0.05) is 19.0 Å². The predicted octanol–water partition coefficient (Wildman–Crippen LogP) is 3.70. The van der Waals surface area contributed by atoms with Crippen LogP contribution in [0.1, 0.15) is 151 Å². The number of carbonyl (C=O) groups excluding carboxylic acids is 7. The van der Waals surface area contributed by atoms with Crippen LogP contribution in [-0.4, -0.2) is 101 Å². The summed E-state index contributed by atoms with van der Waals surface area (Å²) in [5, 5.41) is 10.6. The molecule has 0 aromatic heterocycles. The van der Waals surface area contributed by atoms with E-state index in [2.05, 4.69) is 28.2 Å². The third-order valence-corrected chi connectivity index (χ3v) is 9.97. The van der Waals surface area contributed by atoms with Gasteiger partial charge in [-0.15, -0.1) is 0 Å². The Morgan fingerprint density at radius 2 is 1.20 bits per heavy atom. The molecule has 0 spiro atoms. The Morgan fingerprint density at radius 3 is 1.70 bits per heavy atom. The molecule has 0 saturated carbocycles. The van der Waals surface area contributed by atoms with E-state index in [1.165, 1.54) is 74.0 Å². The van der Waals surface area contributed by atoms with Gasteiger partial charge in [0.25, 0.3) is 0 Å². The molecule has 0 bridgehead atoms. The summed E-state index contributed by atoms with van der Waals surface area (Å²) in [5.41, 5.74) is 5.13. The molecule has 6 N–H and O–H groups in total. The zero-order valence-electron chi connectivity index (χ0n) is 34.4. The summed E-state index contributed by atoms with van der Waals surface area (Å²) < 4.78 is 0. The Hall–Kier alpha value is -3.71. The van der Waals surface area contributed by atoms with E-state index < -0.39 is 66.2 Å². The number of hydrogen-bond donors (Lipinski definition) is 5. The van der Waals surface area contributed by atoms with Crippen molar-refractivity contribution in [2.24, 2.45) is 17.6 Å². The van der Waals surface area contributed by atoms with Gasteiger partial charge in [-0.25, -0.2) is 0 Å². The summed E-state index contributed by atoms with van der Waals surface area (Å²) >= 11 is 0. The molecule has 7 amide bonds. The van der Waals surface area contributed by atoms with Crippen molar-refractivity contribution in [2.75, 3.05) is 26.2 Å². The number of nitrogens with zero attached hydrogens (tertiary/aromatic N) is 2. The second-order valence-corrected chi connectivity index (χ2v) is 15.8. The second-order valence-electron chi connectivity index (χ2n) is 15.8. The monoisotopic (exact) mass is 764 g/mol. The van der Waals surface area contributed by atoms with Gasteiger partial charge in [0.05, 0.1) is 13.1 Å². The van der Waals surface area contributed by atoms with Gasteiger partial charge in [-0.2, -0.15) is 0 Å². The number of amides is 7. The fraction of sp³-hybridized carbons (Fsp3) is 0.825. The lowest BCUT2D eigenvalue weighted by atomic mass is 10.0. The summed E-state index contributed by atoms with van der Waals surface area (Å²) in [6.45, 7) is 12.2. The fourth-order valence-electron chi connectivity index (χ4n) is 6.66. The van der Waals surface area contributed by atoms with Crippen LogP contribution in [-0.2, 0) is 33.6 Å². The largest absolute Gasteiger partial charge is 0.368 e. The van der Waals surface area contributed by atoms with E-state index in [9.17, 15) is 33.6 Å². The van der Waals surface area contributed by atoms with Crippen LogP contribution in [0.4, 0.5) is 0 Å². The number of nitrogens with one attached hydrogen (secondary N) is 4. The molecular weight excluding hydrogens is 690 g/mol. The van der Waals surface area contributed by atoms with Crippen molar-refractivity contribution in [1.29, 1.82) is 0 Å². The van der Waals surface area contributed by atoms with Gasteiger partial charge in [0.15, 0.2) is 0 Å². The van der Waals surface area contributed by atoms with E-state index in [0.717, 1.165) is 19.3 Å². The van der Waals surface area contributed by atoms with Crippen LogP contribution in [0.25, 0.3) is 0 Å². The average Bonchev–Trinajstić information content (AvgIpc) is 3.61. The smallest absolute Gasteiger partial charge is 0.246 e. The molecule has 1 rings (SSSR count). The lowest BCUT2D eigenvalue weighted by molar-refractivity contribution is -0.146. The van der Waals surface area contributed by atoms with Gasteiger partial charge in [-0.05, 0) is 44.9 Å². The van der Waals surface area contributed by atoms with Crippen LogP contribution in [0.15, 0.2) is 0 Å². The third-order valence-electron chi connectivity index (χ3n) is 9.97. The maximum absolute atomic E-state index is 13.8. The molecule has 310 valence electrons. The number of primary amides is 1. The maximum atomic E-state index is 13.8. The molecular formula is C40H73N7O7. The standard InChI is InChI=1S/C40H73N7O7/c1-8-9-10-11-12-13-14-15-16-17-18-19-20-23-33(49)44-36(28(2)3)39(53)43-26-34(50)45-37(29(4)5)40(54)47(30(6)7)27-35(51)46-24-21-22-31(46)38(52)42-25-32(41)48/h28-31,36-37H,8-27H2,1-7H3,(H2,41,48)(H,42,52)(H,43,53)(H,44,49)(H,45,50).